The quantitative estimate of drug-likeness (QED) is 0.550. The fraction of sp³-hybridized carbons (Fsp3) is 0.409. The summed E-state index contributed by atoms with van der Waals surface area (Å²) in [5.74, 6) is 1.16. The van der Waals surface area contributed by atoms with Crippen LogP contribution in [0.2, 0.25) is 0 Å². The lowest BCUT2D eigenvalue weighted by atomic mass is 10.1. The van der Waals surface area contributed by atoms with E-state index in [1.54, 1.807) is 0 Å². The number of ether oxygens (including phenoxy) is 1. The zero-order chi connectivity index (χ0) is 21.9. The second kappa shape index (κ2) is 8.71. The summed E-state index contributed by atoms with van der Waals surface area (Å²) < 4.78 is 7.71. The molecule has 0 unspecified atom stereocenters. The smallest absolute Gasteiger partial charge is 0.319 e. The maximum absolute atomic E-state index is 12.6. The van der Waals surface area contributed by atoms with Gasteiger partial charge in [0, 0.05) is 24.5 Å². The number of para-hydroxylation sites is 1. The Morgan fingerprint density at radius 1 is 1.20 bits per heavy atom. The van der Waals surface area contributed by atoms with Crippen LogP contribution in [0.1, 0.15) is 37.9 Å². The molecule has 3 aromatic rings. The van der Waals surface area contributed by atoms with Crippen LogP contribution in [0.25, 0.3) is 11.0 Å². The van der Waals surface area contributed by atoms with E-state index in [2.05, 4.69) is 20.2 Å². The van der Waals surface area contributed by atoms with Crippen molar-refractivity contribution < 1.29 is 9.53 Å². The Morgan fingerprint density at radius 3 is 2.57 bits per heavy atom. The zero-order valence-electron chi connectivity index (χ0n) is 18.2. The lowest BCUT2D eigenvalue weighted by Crippen LogP contribution is -2.48. The first kappa shape index (κ1) is 21.6. The molecule has 1 aromatic carbocycles. The van der Waals surface area contributed by atoms with Crippen LogP contribution >= 0.6 is 0 Å². The van der Waals surface area contributed by atoms with E-state index in [1.165, 1.54) is 0 Å². The predicted octanol–water partition coefficient (Wildman–Crippen LogP) is 3.77. The number of aryl methyl sites for hydroxylation is 2. The van der Waals surface area contributed by atoms with Crippen molar-refractivity contribution in [2.45, 2.75) is 53.3 Å². The molecule has 2 aromatic heterocycles. The van der Waals surface area contributed by atoms with E-state index in [0.29, 0.717) is 31.1 Å². The summed E-state index contributed by atoms with van der Waals surface area (Å²) in [6.45, 7) is 11.3. The highest BCUT2D eigenvalue weighted by molar-refractivity contribution is 5.90. The third-order valence-electron chi connectivity index (χ3n) is 4.95. The van der Waals surface area contributed by atoms with Crippen molar-refractivity contribution in [1.82, 2.24) is 19.9 Å². The summed E-state index contributed by atoms with van der Waals surface area (Å²) in [7, 11) is 0. The second-order valence-electron chi connectivity index (χ2n) is 7.99. The molecule has 0 atom stereocenters. The Balaban J connectivity index is 1.91. The SMILES string of the molecule is CCOCc1nc2c(N)nc(C)c(C)c2n1CC(C)(C)NC(=O)Nc1ccccc1. The van der Waals surface area contributed by atoms with Gasteiger partial charge in [-0.15, -0.1) is 0 Å². The van der Waals surface area contributed by atoms with Crippen LogP contribution in [0.4, 0.5) is 16.3 Å². The standard InChI is InChI=1S/C22H30N6O2/c1-6-30-12-17-26-18-19(14(2)15(3)24-20(18)23)28(17)13-22(4,5)27-21(29)25-16-10-8-7-9-11-16/h7-11H,6,12-13H2,1-5H3,(H2,23,24)(H2,25,27,29). The van der Waals surface area contributed by atoms with Gasteiger partial charge in [-0.2, -0.15) is 0 Å². The van der Waals surface area contributed by atoms with Crippen molar-refractivity contribution in [2.75, 3.05) is 17.7 Å². The Kier molecular flexibility index (Phi) is 6.26. The average molecular weight is 411 g/mol. The van der Waals surface area contributed by atoms with Crippen LogP contribution < -0.4 is 16.4 Å². The maximum atomic E-state index is 12.6. The number of aromatic nitrogens is 3. The van der Waals surface area contributed by atoms with Gasteiger partial charge in [-0.3, -0.25) is 0 Å². The van der Waals surface area contributed by atoms with Crippen LogP contribution in [0.5, 0.6) is 0 Å². The van der Waals surface area contributed by atoms with Gasteiger partial charge in [0.25, 0.3) is 0 Å². The van der Waals surface area contributed by atoms with Gasteiger partial charge in [-0.05, 0) is 52.3 Å². The molecule has 30 heavy (non-hydrogen) atoms. The van der Waals surface area contributed by atoms with Gasteiger partial charge in [0.05, 0.1) is 11.1 Å². The molecule has 0 spiro atoms. The number of carbonyl (C=O) groups is 1. The van der Waals surface area contributed by atoms with Crippen molar-refractivity contribution in [3.8, 4) is 0 Å². The third-order valence-corrected chi connectivity index (χ3v) is 4.95. The molecule has 4 N–H and O–H groups in total. The molecule has 8 heteroatoms. The summed E-state index contributed by atoms with van der Waals surface area (Å²) >= 11 is 0. The van der Waals surface area contributed by atoms with Gasteiger partial charge >= 0.3 is 6.03 Å². The third kappa shape index (κ3) is 4.71. The molecule has 0 aliphatic rings. The number of rotatable bonds is 7. The van der Waals surface area contributed by atoms with Crippen LogP contribution in [0.15, 0.2) is 30.3 Å². The monoisotopic (exact) mass is 410 g/mol. The van der Waals surface area contributed by atoms with Crippen LogP contribution in [0.3, 0.4) is 0 Å². The highest BCUT2D eigenvalue weighted by atomic mass is 16.5. The molecule has 0 bridgehead atoms. The Morgan fingerprint density at radius 2 is 1.90 bits per heavy atom. The predicted molar refractivity (Wildman–Crippen MR) is 119 cm³/mol. The molecule has 0 fully saturated rings. The number of pyridine rings is 1. The summed E-state index contributed by atoms with van der Waals surface area (Å²) in [6, 6.07) is 9.08. The molecule has 2 heterocycles. The molecule has 0 saturated carbocycles. The number of anilines is 2. The first-order chi connectivity index (χ1) is 14.2. The van der Waals surface area contributed by atoms with Gasteiger partial charge in [-0.25, -0.2) is 14.8 Å². The van der Waals surface area contributed by atoms with Crippen molar-refractivity contribution in [3.05, 3.63) is 47.4 Å². The second-order valence-corrected chi connectivity index (χ2v) is 7.99. The molecule has 8 nitrogen and oxygen atoms in total. The average Bonchev–Trinajstić information content (AvgIpc) is 3.03. The number of nitrogens with one attached hydrogen (secondary N) is 2. The molecular formula is C22H30N6O2. The van der Waals surface area contributed by atoms with Gasteiger partial charge < -0.3 is 25.7 Å². The van der Waals surface area contributed by atoms with Crippen molar-refractivity contribution in [2.24, 2.45) is 0 Å². The van der Waals surface area contributed by atoms with Crippen LogP contribution in [-0.2, 0) is 17.9 Å². The topological polar surface area (TPSA) is 107 Å². The number of amides is 2. The highest BCUT2D eigenvalue weighted by Gasteiger charge is 2.26. The Bertz CT molecular complexity index is 1040. The summed E-state index contributed by atoms with van der Waals surface area (Å²) in [6.07, 6.45) is 0. The molecule has 2 amide bonds. The molecule has 0 saturated heterocycles. The van der Waals surface area contributed by atoms with Crippen molar-refractivity contribution in [1.29, 1.82) is 0 Å². The Hall–Kier alpha value is -3.13. The van der Waals surface area contributed by atoms with E-state index >= 15 is 0 Å². The van der Waals surface area contributed by atoms with Gasteiger partial charge in [0.15, 0.2) is 5.82 Å². The number of imidazole rings is 1. The van der Waals surface area contributed by atoms with E-state index in [4.69, 9.17) is 15.5 Å². The normalized spacial score (nSPS) is 11.6. The molecule has 0 aliphatic carbocycles. The van der Waals surface area contributed by atoms with Crippen LogP contribution in [0, 0.1) is 13.8 Å². The Labute approximate surface area is 176 Å². The lowest BCUT2D eigenvalue weighted by Gasteiger charge is -2.28. The number of fused-ring (bicyclic) bond motifs is 1. The largest absolute Gasteiger partial charge is 0.382 e. The molecule has 160 valence electrons. The van der Waals surface area contributed by atoms with Crippen molar-refractivity contribution in [3.63, 3.8) is 0 Å². The summed E-state index contributed by atoms with van der Waals surface area (Å²) in [4.78, 5) is 21.7. The van der Waals surface area contributed by atoms with Crippen molar-refractivity contribution >= 4 is 28.6 Å². The zero-order valence-corrected chi connectivity index (χ0v) is 18.2. The number of carbonyl (C=O) groups excluding carboxylic acids is 1. The first-order valence-corrected chi connectivity index (χ1v) is 10.1. The van der Waals surface area contributed by atoms with E-state index < -0.39 is 5.54 Å². The molecule has 0 radical (unpaired) electrons. The number of benzene rings is 1. The number of hydrogen-bond acceptors (Lipinski definition) is 5. The summed E-state index contributed by atoms with van der Waals surface area (Å²) in [5.41, 5.74) is 9.79. The minimum absolute atomic E-state index is 0.268. The lowest BCUT2D eigenvalue weighted by molar-refractivity contribution is 0.124. The highest BCUT2D eigenvalue weighted by Crippen LogP contribution is 2.28. The number of nitrogens with two attached hydrogens (primary N) is 1. The van der Waals surface area contributed by atoms with E-state index in [1.807, 2.05) is 65.0 Å². The van der Waals surface area contributed by atoms with Gasteiger partial charge in [-0.1, -0.05) is 18.2 Å². The number of urea groups is 1. The maximum Gasteiger partial charge on any atom is 0.319 e. The molecule has 3 rings (SSSR count). The van der Waals surface area contributed by atoms with Gasteiger partial charge in [0.1, 0.15) is 17.9 Å². The van der Waals surface area contributed by atoms with E-state index in [-0.39, 0.29) is 6.03 Å². The number of nitrogens with zero attached hydrogens (tertiary/aromatic N) is 3. The van der Waals surface area contributed by atoms with E-state index in [9.17, 15) is 4.79 Å². The first-order valence-electron chi connectivity index (χ1n) is 10.1. The fourth-order valence-electron chi connectivity index (χ4n) is 3.45. The van der Waals surface area contributed by atoms with Gasteiger partial charge in [0.2, 0.25) is 0 Å². The fourth-order valence-corrected chi connectivity index (χ4v) is 3.45. The number of hydrogen-bond donors (Lipinski definition) is 3. The number of nitrogen functional groups attached to an aromatic ring is 1. The minimum Gasteiger partial charge on any atom is -0.382 e. The minimum atomic E-state index is -0.564. The van der Waals surface area contributed by atoms with Crippen LogP contribution in [-0.4, -0.2) is 32.7 Å². The summed E-state index contributed by atoms with van der Waals surface area (Å²) in [5, 5.41) is 5.92. The van der Waals surface area contributed by atoms with E-state index in [0.717, 1.165) is 28.3 Å². The molecule has 0 aliphatic heterocycles. The molecular weight excluding hydrogens is 380 g/mol.